The molecule has 0 aromatic heterocycles. The van der Waals surface area contributed by atoms with Crippen LogP contribution in [-0.4, -0.2) is 35.2 Å². The summed E-state index contributed by atoms with van der Waals surface area (Å²) in [5.74, 6) is 0.581. The molecule has 0 spiro atoms. The molecule has 1 amide bonds. The standard InChI is InChI=1S/C13H24N2O2/c1-13(2,3)17-12(16)15-10-6-4-9(5-7-10)11(15)8-14/h9-11H,4-8,14H2,1-3H3/t9?,10?,11-/m0/s1. The van der Waals surface area contributed by atoms with Crippen molar-refractivity contribution in [1.82, 2.24) is 4.90 Å². The lowest BCUT2D eigenvalue weighted by atomic mass is 9.75. The van der Waals surface area contributed by atoms with Crippen LogP contribution in [0, 0.1) is 5.92 Å². The van der Waals surface area contributed by atoms with Gasteiger partial charge in [0.2, 0.25) is 0 Å². The maximum atomic E-state index is 12.2. The molecule has 3 rings (SSSR count). The summed E-state index contributed by atoms with van der Waals surface area (Å²) < 4.78 is 5.49. The lowest BCUT2D eigenvalue weighted by molar-refractivity contribution is -0.0382. The molecular weight excluding hydrogens is 216 g/mol. The van der Waals surface area contributed by atoms with Gasteiger partial charge < -0.3 is 15.4 Å². The maximum Gasteiger partial charge on any atom is 0.410 e. The Kier molecular flexibility index (Phi) is 3.34. The second-order valence-corrected chi connectivity index (χ2v) is 6.26. The van der Waals surface area contributed by atoms with E-state index in [1.165, 1.54) is 12.8 Å². The van der Waals surface area contributed by atoms with E-state index >= 15 is 0 Å². The minimum atomic E-state index is -0.424. The van der Waals surface area contributed by atoms with Crippen LogP contribution in [0.2, 0.25) is 0 Å². The third-order valence-corrected chi connectivity index (χ3v) is 3.88. The second-order valence-electron chi connectivity index (χ2n) is 6.26. The predicted octanol–water partition coefficient (Wildman–Crippen LogP) is 2.12. The number of hydrogen-bond donors (Lipinski definition) is 1. The van der Waals surface area contributed by atoms with E-state index in [2.05, 4.69) is 0 Å². The fourth-order valence-electron chi connectivity index (χ4n) is 3.17. The van der Waals surface area contributed by atoms with Crippen LogP contribution in [0.3, 0.4) is 0 Å². The average Bonchev–Trinajstić information content (AvgIpc) is 2.26. The van der Waals surface area contributed by atoms with E-state index in [0.717, 1.165) is 12.8 Å². The molecule has 2 bridgehead atoms. The van der Waals surface area contributed by atoms with Gasteiger partial charge in [-0.1, -0.05) is 0 Å². The van der Waals surface area contributed by atoms with Gasteiger partial charge in [-0.15, -0.1) is 0 Å². The molecule has 2 saturated heterocycles. The van der Waals surface area contributed by atoms with Crippen LogP contribution in [0.15, 0.2) is 0 Å². The molecule has 2 heterocycles. The minimum Gasteiger partial charge on any atom is -0.444 e. The van der Waals surface area contributed by atoms with Crippen molar-refractivity contribution in [2.75, 3.05) is 6.54 Å². The molecule has 0 unspecified atom stereocenters. The number of carbonyl (C=O) groups is 1. The van der Waals surface area contributed by atoms with Crippen LogP contribution in [0.25, 0.3) is 0 Å². The molecule has 0 radical (unpaired) electrons. The third kappa shape index (κ3) is 2.57. The quantitative estimate of drug-likeness (QED) is 0.764. The van der Waals surface area contributed by atoms with Crippen molar-refractivity contribution >= 4 is 6.09 Å². The molecule has 98 valence electrons. The Labute approximate surface area is 103 Å². The molecule has 3 fully saturated rings. The fraction of sp³-hybridized carbons (Fsp3) is 0.923. The zero-order valence-corrected chi connectivity index (χ0v) is 11.1. The third-order valence-electron chi connectivity index (χ3n) is 3.88. The highest BCUT2D eigenvalue weighted by Gasteiger charge is 2.44. The molecule has 17 heavy (non-hydrogen) atoms. The molecule has 1 saturated carbocycles. The SMILES string of the molecule is CC(C)(C)OC(=O)N1C2CCC(CC2)[C@@H]1CN. The number of nitrogens with two attached hydrogens (primary N) is 1. The van der Waals surface area contributed by atoms with Gasteiger partial charge >= 0.3 is 6.09 Å². The highest BCUT2D eigenvalue weighted by molar-refractivity contribution is 5.69. The number of amides is 1. The second kappa shape index (κ2) is 4.48. The largest absolute Gasteiger partial charge is 0.444 e. The van der Waals surface area contributed by atoms with Gasteiger partial charge in [0.1, 0.15) is 5.60 Å². The number of fused-ring (bicyclic) bond motifs is 3. The Hall–Kier alpha value is -0.770. The summed E-state index contributed by atoms with van der Waals surface area (Å²) >= 11 is 0. The first-order valence-corrected chi connectivity index (χ1v) is 6.64. The van der Waals surface area contributed by atoms with E-state index in [4.69, 9.17) is 10.5 Å². The lowest BCUT2D eigenvalue weighted by Crippen LogP contribution is -2.60. The summed E-state index contributed by atoms with van der Waals surface area (Å²) in [4.78, 5) is 14.1. The minimum absolute atomic E-state index is 0.178. The molecule has 2 N–H and O–H groups in total. The van der Waals surface area contributed by atoms with Crippen LogP contribution >= 0.6 is 0 Å². The number of hydrogen-bond acceptors (Lipinski definition) is 3. The highest BCUT2D eigenvalue weighted by atomic mass is 16.6. The number of nitrogens with zero attached hydrogens (tertiary/aromatic N) is 1. The predicted molar refractivity (Wildman–Crippen MR) is 66.7 cm³/mol. The summed E-state index contributed by atoms with van der Waals surface area (Å²) in [5.41, 5.74) is 5.41. The van der Waals surface area contributed by atoms with Crippen LogP contribution in [0.4, 0.5) is 4.79 Å². The first-order valence-electron chi connectivity index (χ1n) is 6.64. The first kappa shape index (κ1) is 12.7. The van der Waals surface area contributed by atoms with Gasteiger partial charge in [-0.2, -0.15) is 0 Å². The van der Waals surface area contributed by atoms with Gasteiger partial charge in [0.25, 0.3) is 0 Å². The average molecular weight is 240 g/mol. The van der Waals surface area contributed by atoms with Crippen molar-refractivity contribution in [3.8, 4) is 0 Å². The molecule has 0 aromatic rings. The van der Waals surface area contributed by atoms with Crippen molar-refractivity contribution in [3.63, 3.8) is 0 Å². The number of piperidine rings is 2. The smallest absolute Gasteiger partial charge is 0.410 e. The Bertz CT molecular complexity index is 290. The van der Waals surface area contributed by atoms with Crippen LogP contribution in [0.5, 0.6) is 0 Å². The van der Waals surface area contributed by atoms with Crippen LogP contribution < -0.4 is 5.73 Å². The molecule has 1 atom stereocenters. The van der Waals surface area contributed by atoms with Crippen molar-refractivity contribution in [2.24, 2.45) is 11.7 Å². The molecular formula is C13H24N2O2. The van der Waals surface area contributed by atoms with E-state index in [-0.39, 0.29) is 12.1 Å². The molecule has 0 aromatic carbocycles. The van der Waals surface area contributed by atoms with Crippen LogP contribution in [0.1, 0.15) is 46.5 Å². The fourth-order valence-corrected chi connectivity index (χ4v) is 3.17. The van der Waals surface area contributed by atoms with Gasteiger partial charge in [0, 0.05) is 12.6 Å². The number of rotatable bonds is 1. The lowest BCUT2D eigenvalue weighted by Gasteiger charge is -2.50. The molecule has 3 aliphatic rings. The zero-order valence-electron chi connectivity index (χ0n) is 11.1. The van der Waals surface area contributed by atoms with Crippen molar-refractivity contribution in [1.29, 1.82) is 0 Å². The monoisotopic (exact) mass is 240 g/mol. The van der Waals surface area contributed by atoms with E-state index < -0.39 is 5.60 Å². The Morgan fingerprint density at radius 3 is 2.35 bits per heavy atom. The zero-order chi connectivity index (χ0) is 12.6. The van der Waals surface area contributed by atoms with E-state index in [1.807, 2.05) is 25.7 Å². The molecule has 4 heteroatoms. The van der Waals surface area contributed by atoms with Gasteiger partial charge in [-0.25, -0.2) is 4.79 Å². The van der Waals surface area contributed by atoms with Gasteiger partial charge in [-0.3, -0.25) is 0 Å². The van der Waals surface area contributed by atoms with E-state index in [0.29, 0.717) is 18.5 Å². The normalized spacial score (nSPS) is 32.7. The highest BCUT2D eigenvalue weighted by Crippen LogP contribution is 2.39. The van der Waals surface area contributed by atoms with E-state index in [1.54, 1.807) is 0 Å². The Balaban J connectivity index is 2.10. The molecule has 1 aliphatic carbocycles. The van der Waals surface area contributed by atoms with Gasteiger partial charge in [0.05, 0.1) is 6.04 Å². The van der Waals surface area contributed by atoms with Crippen molar-refractivity contribution in [2.45, 2.75) is 64.1 Å². The Morgan fingerprint density at radius 1 is 1.29 bits per heavy atom. The molecule has 4 nitrogen and oxygen atoms in total. The summed E-state index contributed by atoms with van der Waals surface area (Å²) in [6.07, 6.45) is 4.47. The van der Waals surface area contributed by atoms with Gasteiger partial charge in [-0.05, 0) is 52.4 Å². The number of ether oxygens (including phenoxy) is 1. The number of carbonyl (C=O) groups excluding carboxylic acids is 1. The summed E-state index contributed by atoms with van der Waals surface area (Å²) in [6.45, 7) is 6.28. The van der Waals surface area contributed by atoms with Crippen molar-refractivity contribution in [3.05, 3.63) is 0 Å². The summed E-state index contributed by atoms with van der Waals surface area (Å²) in [7, 11) is 0. The summed E-state index contributed by atoms with van der Waals surface area (Å²) in [5, 5.41) is 0. The summed E-state index contributed by atoms with van der Waals surface area (Å²) in [6, 6.07) is 0.542. The van der Waals surface area contributed by atoms with E-state index in [9.17, 15) is 4.79 Å². The van der Waals surface area contributed by atoms with Crippen molar-refractivity contribution < 1.29 is 9.53 Å². The Morgan fingerprint density at radius 2 is 1.88 bits per heavy atom. The maximum absolute atomic E-state index is 12.2. The topological polar surface area (TPSA) is 55.6 Å². The van der Waals surface area contributed by atoms with Gasteiger partial charge in [0.15, 0.2) is 0 Å². The first-order chi connectivity index (χ1) is 7.92. The van der Waals surface area contributed by atoms with Crippen LogP contribution in [-0.2, 0) is 4.74 Å². The molecule has 2 aliphatic heterocycles.